The fourth-order valence-corrected chi connectivity index (χ4v) is 3.66. The fraction of sp³-hybridized carbons (Fsp3) is 0.611. The van der Waals surface area contributed by atoms with E-state index < -0.39 is 0 Å². The summed E-state index contributed by atoms with van der Waals surface area (Å²) in [4.78, 5) is 12.6. The number of hydrogen-bond acceptors (Lipinski definition) is 3. The lowest BCUT2D eigenvalue weighted by Crippen LogP contribution is -2.37. The molecule has 1 aliphatic heterocycles. The monoisotopic (exact) mass is 287 g/mol. The molecule has 1 N–H and O–H groups in total. The number of fused-ring (bicyclic) bond motifs is 1. The Hall–Kier alpha value is -1.35. The summed E-state index contributed by atoms with van der Waals surface area (Å²) in [6, 6.07) is 8.20. The molecular weight excluding hydrogens is 262 g/mol. The molecule has 0 aromatic heterocycles. The first-order chi connectivity index (χ1) is 10.3. The molecule has 2 fully saturated rings. The van der Waals surface area contributed by atoms with Crippen molar-refractivity contribution in [3.05, 3.63) is 29.8 Å². The average molecular weight is 287 g/mol. The van der Waals surface area contributed by atoms with Crippen LogP contribution in [-0.4, -0.2) is 24.5 Å². The van der Waals surface area contributed by atoms with Crippen molar-refractivity contribution in [3.8, 4) is 5.75 Å². The highest BCUT2D eigenvalue weighted by atomic mass is 16.5. The van der Waals surface area contributed by atoms with Crippen molar-refractivity contribution in [2.24, 2.45) is 5.92 Å². The molecule has 1 heterocycles. The second-order valence-electron chi connectivity index (χ2n) is 6.34. The molecule has 3 unspecified atom stereocenters. The summed E-state index contributed by atoms with van der Waals surface area (Å²) in [6.07, 6.45) is 7.16. The molecule has 1 saturated carbocycles. The molecule has 21 heavy (non-hydrogen) atoms. The van der Waals surface area contributed by atoms with Crippen molar-refractivity contribution < 1.29 is 9.53 Å². The molecule has 1 aromatic carbocycles. The summed E-state index contributed by atoms with van der Waals surface area (Å²) < 4.78 is 5.57. The van der Waals surface area contributed by atoms with Gasteiger partial charge in [-0.05, 0) is 55.9 Å². The quantitative estimate of drug-likeness (QED) is 0.841. The maximum absolute atomic E-state index is 12.6. The van der Waals surface area contributed by atoms with Crippen LogP contribution < -0.4 is 10.1 Å². The van der Waals surface area contributed by atoms with Gasteiger partial charge >= 0.3 is 0 Å². The highest BCUT2D eigenvalue weighted by molar-refractivity contribution is 6.00. The molecule has 0 amide bonds. The van der Waals surface area contributed by atoms with E-state index in [0.717, 1.165) is 30.8 Å². The lowest BCUT2D eigenvalue weighted by Gasteiger charge is -2.24. The molecule has 2 aliphatic rings. The number of Topliss-reactive ketones (excluding diaryl/α,β-unsaturated/α-hetero) is 1. The maximum Gasteiger partial charge on any atom is 0.179 e. The Morgan fingerprint density at radius 2 is 2.00 bits per heavy atom. The summed E-state index contributed by atoms with van der Waals surface area (Å²) in [5.74, 6) is 1.80. The second kappa shape index (κ2) is 6.61. The summed E-state index contributed by atoms with van der Waals surface area (Å²) in [5.41, 5.74) is 0.801. The zero-order valence-corrected chi connectivity index (χ0v) is 12.8. The Morgan fingerprint density at radius 1 is 1.24 bits per heavy atom. The molecule has 1 aromatic rings. The van der Waals surface area contributed by atoms with Crippen LogP contribution in [0.25, 0.3) is 0 Å². The minimum Gasteiger partial charge on any atom is -0.494 e. The van der Waals surface area contributed by atoms with Gasteiger partial charge in [-0.25, -0.2) is 0 Å². The third-order valence-electron chi connectivity index (χ3n) is 4.79. The van der Waals surface area contributed by atoms with Gasteiger partial charge in [0.05, 0.1) is 12.6 Å². The van der Waals surface area contributed by atoms with E-state index in [-0.39, 0.29) is 11.8 Å². The van der Waals surface area contributed by atoms with E-state index >= 15 is 0 Å². The molecule has 1 aliphatic carbocycles. The number of nitrogens with one attached hydrogen (secondary N) is 1. The number of benzene rings is 1. The van der Waals surface area contributed by atoms with E-state index in [1.54, 1.807) is 0 Å². The molecule has 3 rings (SSSR count). The highest BCUT2D eigenvalue weighted by Gasteiger charge is 2.38. The van der Waals surface area contributed by atoms with Crippen molar-refractivity contribution in [3.63, 3.8) is 0 Å². The predicted octanol–water partition coefficient (Wildman–Crippen LogP) is 3.58. The summed E-state index contributed by atoms with van der Waals surface area (Å²) in [7, 11) is 0. The molecule has 0 spiro atoms. The molecule has 114 valence electrons. The van der Waals surface area contributed by atoms with Crippen LogP contribution in [0.4, 0.5) is 0 Å². The van der Waals surface area contributed by atoms with Gasteiger partial charge in [-0.15, -0.1) is 0 Å². The summed E-state index contributed by atoms with van der Waals surface area (Å²) in [6.45, 7) is 2.81. The van der Waals surface area contributed by atoms with E-state index in [9.17, 15) is 4.79 Å². The van der Waals surface area contributed by atoms with Gasteiger partial charge in [-0.3, -0.25) is 4.79 Å². The van der Waals surface area contributed by atoms with Gasteiger partial charge < -0.3 is 10.1 Å². The van der Waals surface area contributed by atoms with Crippen LogP contribution in [0.3, 0.4) is 0 Å². The molecule has 3 atom stereocenters. The molecule has 0 bridgehead atoms. The average Bonchev–Trinajstić information content (AvgIpc) is 2.96. The van der Waals surface area contributed by atoms with Gasteiger partial charge in [0.2, 0.25) is 0 Å². The minimum atomic E-state index is 0.0144. The second-order valence-corrected chi connectivity index (χ2v) is 6.34. The van der Waals surface area contributed by atoms with Gasteiger partial charge in [0.25, 0.3) is 0 Å². The normalized spacial score (nSPS) is 28.1. The fourth-order valence-electron chi connectivity index (χ4n) is 3.66. The Kier molecular flexibility index (Phi) is 4.59. The Morgan fingerprint density at radius 3 is 2.71 bits per heavy atom. The van der Waals surface area contributed by atoms with E-state index in [4.69, 9.17) is 4.74 Å². The Bertz CT molecular complexity index is 468. The van der Waals surface area contributed by atoms with Crippen molar-refractivity contribution >= 4 is 5.78 Å². The van der Waals surface area contributed by atoms with Gasteiger partial charge in [0, 0.05) is 11.6 Å². The lowest BCUT2D eigenvalue weighted by molar-refractivity contribution is 0.0949. The van der Waals surface area contributed by atoms with Crippen LogP contribution in [0.2, 0.25) is 0 Å². The standard InChI is InChI=1S/C18H25NO2/c1-2-11-21-15-9-7-13(8-10-15)18(20)17-12-14-5-3-4-6-16(14)19-17/h7-10,14,16-17,19H,2-6,11-12H2,1H3. The van der Waals surface area contributed by atoms with Gasteiger partial charge in [-0.1, -0.05) is 19.8 Å². The van der Waals surface area contributed by atoms with Crippen LogP contribution in [0, 0.1) is 5.92 Å². The Balaban J connectivity index is 1.62. The van der Waals surface area contributed by atoms with Crippen molar-refractivity contribution in [2.75, 3.05) is 6.61 Å². The summed E-state index contributed by atoms with van der Waals surface area (Å²) >= 11 is 0. The first-order valence-electron chi connectivity index (χ1n) is 8.31. The lowest BCUT2D eigenvalue weighted by atomic mass is 9.84. The largest absolute Gasteiger partial charge is 0.494 e. The predicted molar refractivity (Wildman–Crippen MR) is 83.8 cm³/mol. The molecule has 0 radical (unpaired) electrons. The number of ketones is 1. The molecular formula is C18H25NO2. The van der Waals surface area contributed by atoms with Gasteiger partial charge in [0.1, 0.15) is 5.75 Å². The van der Waals surface area contributed by atoms with E-state index in [1.165, 1.54) is 25.7 Å². The van der Waals surface area contributed by atoms with E-state index in [0.29, 0.717) is 12.0 Å². The third kappa shape index (κ3) is 3.29. The van der Waals surface area contributed by atoms with Crippen molar-refractivity contribution in [1.29, 1.82) is 0 Å². The summed E-state index contributed by atoms with van der Waals surface area (Å²) in [5, 5.41) is 3.56. The SMILES string of the molecule is CCCOc1ccc(C(=O)C2CC3CCCCC3N2)cc1. The zero-order chi connectivity index (χ0) is 14.7. The van der Waals surface area contributed by atoms with E-state index in [2.05, 4.69) is 12.2 Å². The molecule has 3 nitrogen and oxygen atoms in total. The van der Waals surface area contributed by atoms with Crippen LogP contribution in [0.15, 0.2) is 24.3 Å². The maximum atomic E-state index is 12.6. The smallest absolute Gasteiger partial charge is 0.179 e. The Labute approximate surface area is 127 Å². The van der Waals surface area contributed by atoms with Crippen LogP contribution in [-0.2, 0) is 0 Å². The highest BCUT2D eigenvalue weighted by Crippen LogP contribution is 2.34. The number of rotatable bonds is 5. The first kappa shape index (κ1) is 14.6. The van der Waals surface area contributed by atoms with Crippen LogP contribution in [0.1, 0.15) is 55.8 Å². The van der Waals surface area contributed by atoms with Crippen molar-refractivity contribution in [2.45, 2.75) is 57.5 Å². The topological polar surface area (TPSA) is 38.3 Å². The first-order valence-corrected chi connectivity index (χ1v) is 8.31. The number of carbonyl (C=O) groups is 1. The number of ether oxygens (including phenoxy) is 1. The molecule has 3 heteroatoms. The number of carbonyl (C=O) groups excluding carboxylic acids is 1. The minimum absolute atomic E-state index is 0.0144. The van der Waals surface area contributed by atoms with Gasteiger partial charge in [-0.2, -0.15) is 0 Å². The zero-order valence-electron chi connectivity index (χ0n) is 12.8. The van der Waals surface area contributed by atoms with Crippen molar-refractivity contribution in [1.82, 2.24) is 5.32 Å². The van der Waals surface area contributed by atoms with Gasteiger partial charge in [0.15, 0.2) is 5.78 Å². The third-order valence-corrected chi connectivity index (χ3v) is 4.79. The van der Waals surface area contributed by atoms with Crippen LogP contribution in [0.5, 0.6) is 5.75 Å². The number of hydrogen-bond donors (Lipinski definition) is 1. The van der Waals surface area contributed by atoms with E-state index in [1.807, 2.05) is 24.3 Å². The van der Waals surface area contributed by atoms with Crippen LogP contribution >= 0.6 is 0 Å². The molecule has 1 saturated heterocycles.